The van der Waals surface area contributed by atoms with Crippen LogP contribution < -0.4 is 0 Å². The van der Waals surface area contributed by atoms with Gasteiger partial charge in [-0.3, -0.25) is 0 Å². The molecule has 2 aromatic heterocycles. The average molecular weight is 535 g/mol. The number of rotatable bonds is 16. The summed E-state index contributed by atoms with van der Waals surface area (Å²) in [4.78, 5) is 10.3. The number of hydrogen-bond acceptors (Lipinski definition) is 2. The van der Waals surface area contributed by atoms with Crippen molar-refractivity contribution in [3.8, 4) is 22.8 Å². The zero-order chi connectivity index (χ0) is 27.6. The van der Waals surface area contributed by atoms with Crippen molar-refractivity contribution in [2.45, 2.75) is 104 Å². The molecule has 0 bridgehead atoms. The SMILES string of the molecule is CCCCCCCCn1c(-c2cccc(-c3nc4ccccc4n3CCCCCCCC)c2)nc2ccccc21. The zero-order valence-electron chi connectivity index (χ0n) is 24.6. The van der Waals surface area contributed by atoms with Crippen molar-refractivity contribution in [3.05, 3.63) is 72.8 Å². The highest BCUT2D eigenvalue weighted by Crippen LogP contribution is 2.31. The molecule has 0 amide bonds. The van der Waals surface area contributed by atoms with Crippen molar-refractivity contribution in [3.63, 3.8) is 0 Å². The third kappa shape index (κ3) is 6.66. The van der Waals surface area contributed by atoms with Crippen LogP contribution in [0.3, 0.4) is 0 Å². The van der Waals surface area contributed by atoms with Crippen molar-refractivity contribution in [1.29, 1.82) is 0 Å². The molecule has 0 aliphatic heterocycles. The Hall–Kier alpha value is -3.40. The van der Waals surface area contributed by atoms with Gasteiger partial charge in [0, 0.05) is 24.2 Å². The van der Waals surface area contributed by atoms with E-state index in [0.717, 1.165) is 46.9 Å². The van der Waals surface area contributed by atoms with E-state index in [1.165, 1.54) is 88.1 Å². The first-order valence-electron chi connectivity index (χ1n) is 15.8. The van der Waals surface area contributed by atoms with Crippen LogP contribution in [0.4, 0.5) is 0 Å². The molecule has 5 aromatic rings. The monoisotopic (exact) mass is 534 g/mol. The van der Waals surface area contributed by atoms with Gasteiger partial charge in [0.05, 0.1) is 22.1 Å². The summed E-state index contributed by atoms with van der Waals surface area (Å²) in [7, 11) is 0. The zero-order valence-corrected chi connectivity index (χ0v) is 24.6. The molecule has 40 heavy (non-hydrogen) atoms. The largest absolute Gasteiger partial charge is 0.324 e. The Labute approximate surface area is 240 Å². The van der Waals surface area contributed by atoms with Crippen molar-refractivity contribution < 1.29 is 0 Å². The fraction of sp³-hybridized carbons (Fsp3) is 0.444. The Morgan fingerprint density at radius 1 is 0.475 bits per heavy atom. The van der Waals surface area contributed by atoms with Gasteiger partial charge in [0.2, 0.25) is 0 Å². The van der Waals surface area contributed by atoms with Gasteiger partial charge >= 0.3 is 0 Å². The molecule has 210 valence electrons. The number of fused-ring (bicyclic) bond motifs is 2. The van der Waals surface area contributed by atoms with Gasteiger partial charge in [0.25, 0.3) is 0 Å². The van der Waals surface area contributed by atoms with Gasteiger partial charge in [-0.15, -0.1) is 0 Å². The molecular formula is C36H46N4. The van der Waals surface area contributed by atoms with E-state index < -0.39 is 0 Å². The van der Waals surface area contributed by atoms with Gasteiger partial charge in [-0.05, 0) is 43.2 Å². The molecule has 0 N–H and O–H groups in total. The van der Waals surface area contributed by atoms with Crippen molar-refractivity contribution in [2.75, 3.05) is 0 Å². The Kier molecular flexibility index (Phi) is 10.1. The van der Waals surface area contributed by atoms with Crippen LogP contribution in [0.1, 0.15) is 90.9 Å². The third-order valence-electron chi connectivity index (χ3n) is 8.16. The maximum absolute atomic E-state index is 5.13. The lowest BCUT2D eigenvalue weighted by atomic mass is 10.1. The second kappa shape index (κ2) is 14.3. The summed E-state index contributed by atoms with van der Waals surface area (Å²) >= 11 is 0. The highest BCUT2D eigenvalue weighted by atomic mass is 15.1. The molecule has 0 saturated carbocycles. The molecule has 4 heteroatoms. The van der Waals surface area contributed by atoms with Gasteiger partial charge < -0.3 is 9.13 Å². The van der Waals surface area contributed by atoms with Crippen LogP contribution in [0, 0.1) is 0 Å². The maximum atomic E-state index is 5.13. The highest BCUT2D eigenvalue weighted by Gasteiger charge is 2.16. The molecule has 3 aromatic carbocycles. The lowest BCUT2D eigenvalue weighted by Crippen LogP contribution is -2.03. The van der Waals surface area contributed by atoms with Gasteiger partial charge in [0.15, 0.2) is 0 Å². The minimum atomic E-state index is 1.00. The second-order valence-corrected chi connectivity index (χ2v) is 11.3. The van der Waals surface area contributed by atoms with E-state index in [2.05, 4.69) is 95.8 Å². The number of para-hydroxylation sites is 4. The molecule has 0 fully saturated rings. The Morgan fingerprint density at radius 2 is 0.900 bits per heavy atom. The summed E-state index contributed by atoms with van der Waals surface area (Å²) < 4.78 is 4.88. The van der Waals surface area contributed by atoms with Crippen molar-refractivity contribution in [1.82, 2.24) is 19.1 Å². The number of aromatic nitrogens is 4. The average Bonchev–Trinajstić information content (AvgIpc) is 3.55. The fourth-order valence-electron chi connectivity index (χ4n) is 5.94. The first kappa shape index (κ1) is 28.1. The van der Waals surface area contributed by atoms with E-state index >= 15 is 0 Å². The lowest BCUT2D eigenvalue weighted by molar-refractivity contribution is 0.566. The first-order chi connectivity index (χ1) is 19.8. The number of nitrogens with zero attached hydrogens (tertiary/aromatic N) is 4. The molecule has 0 atom stereocenters. The lowest BCUT2D eigenvalue weighted by Gasteiger charge is -2.12. The molecule has 0 saturated heterocycles. The van der Waals surface area contributed by atoms with Crippen LogP contribution in [0.25, 0.3) is 44.8 Å². The molecule has 0 unspecified atom stereocenters. The Balaban J connectivity index is 1.43. The van der Waals surface area contributed by atoms with Crippen LogP contribution in [0.15, 0.2) is 72.8 Å². The summed E-state index contributed by atoms with van der Waals surface area (Å²) in [6.07, 6.45) is 15.5. The molecule has 0 aliphatic rings. The van der Waals surface area contributed by atoms with Crippen LogP contribution >= 0.6 is 0 Å². The van der Waals surface area contributed by atoms with Crippen molar-refractivity contribution in [2.24, 2.45) is 0 Å². The van der Waals surface area contributed by atoms with E-state index in [0.29, 0.717) is 0 Å². The van der Waals surface area contributed by atoms with E-state index in [1.807, 2.05) is 0 Å². The topological polar surface area (TPSA) is 35.6 Å². The molecule has 5 rings (SSSR count). The normalized spacial score (nSPS) is 11.7. The van der Waals surface area contributed by atoms with E-state index in [-0.39, 0.29) is 0 Å². The summed E-state index contributed by atoms with van der Waals surface area (Å²) in [5.41, 5.74) is 6.93. The van der Waals surface area contributed by atoms with E-state index in [4.69, 9.17) is 9.97 Å². The number of aryl methyl sites for hydroxylation is 2. The number of unbranched alkanes of at least 4 members (excludes halogenated alkanes) is 10. The smallest absolute Gasteiger partial charge is 0.141 e. The van der Waals surface area contributed by atoms with Crippen molar-refractivity contribution >= 4 is 22.1 Å². The molecule has 0 radical (unpaired) electrons. The second-order valence-electron chi connectivity index (χ2n) is 11.3. The third-order valence-corrected chi connectivity index (χ3v) is 8.16. The van der Waals surface area contributed by atoms with Crippen LogP contribution in [0.2, 0.25) is 0 Å². The minimum absolute atomic E-state index is 1.00. The molecule has 0 aliphatic carbocycles. The summed E-state index contributed by atoms with van der Waals surface area (Å²) in [5.74, 6) is 2.13. The summed E-state index contributed by atoms with van der Waals surface area (Å²) in [6.45, 7) is 6.56. The molecule has 0 spiro atoms. The molecular weight excluding hydrogens is 488 g/mol. The van der Waals surface area contributed by atoms with Crippen LogP contribution in [-0.2, 0) is 13.1 Å². The molecule has 2 heterocycles. The van der Waals surface area contributed by atoms with Crippen LogP contribution in [-0.4, -0.2) is 19.1 Å². The van der Waals surface area contributed by atoms with Gasteiger partial charge in [-0.2, -0.15) is 0 Å². The number of hydrogen-bond donors (Lipinski definition) is 0. The quantitative estimate of drug-likeness (QED) is 0.118. The summed E-state index contributed by atoms with van der Waals surface area (Å²) in [5, 5.41) is 0. The number of imidazole rings is 2. The van der Waals surface area contributed by atoms with Gasteiger partial charge in [-0.25, -0.2) is 9.97 Å². The highest BCUT2D eigenvalue weighted by molar-refractivity contribution is 5.83. The standard InChI is InChI=1S/C36H46N4/c1-3-5-7-9-11-17-26-39-33-24-15-13-22-31(33)37-35(39)29-20-19-21-30(28-29)36-38-32-23-14-16-25-34(32)40(36)27-18-12-10-8-6-4-2/h13-16,19-25,28H,3-12,17-18,26-27H2,1-2H3. The summed E-state index contributed by atoms with van der Waals surface area (Å²) in [6, 6.07) is 26.1. The van der Waals surface area contributed by atoms with Gasteiger partial charge in [-0.1, -0.05) is 121 Å². The first-order valence-corrected chi connectivity index (χ1v) is 15.8. The Morgan fingerprint density at radius 3 is 1.38 bits per heavy atom. The number of benzene rings is 3. The molecule has 4 nitrogen and oxygen atoms in total. The maximum Gasteiger partial charge on any atom is 0.141 e. The van der Waals surface area contributed by atoms with Crippen LogP contribution in [0.5, 0.6) is 0 Å². The van der Waals surface area contributed by atoms with E-state index in [9.17, 15) is 0 Å². The minimum Gasteiger partial charge on any atom is -0.324 e. The Bertz CT molecular complexity index is 1380. The van der Waals surface area contributed by atoms with Gasteiger partial charge in [0.1, 0.15) is 11.6 Å². The fourth-order valence-corrected chi connectivity index (χ4v) is 5.94. The van der Waals surface area contributed by atoms with E-state index in [1.54, 1.807) is 0 Å². The predicted octanol–water partition coefficient (Wildman–Crippen LogP) is 10.4. The predicted molar refractivity (Wildman–Crippen MR) is 171 cm³/mol.